The Bertz CT molecular complexity index is 1100. The standard InChI is InChI=1S/C16H15FIN5O3/c1-22-13(24)7-12(21-11-3-2-9(18)6-10(11)17)14-15(22)20-8-23(16(14)25)26-5-4-19/h2-3,6-8,21H,4-5,19H2,1H3. The summed E-state index contributed by atoms with van der Waals surface area (Å²) in [6.45, 7) is 0.337. The smallest absolute Gasteiger partial charge is 0.297 e. The number of fused-ring (bicyclic) bond motifs is 1. The van der Waals surface area contributed by atoms with Crippen molar-refractivity contribution in [2.45, 2.75) is 0 Å². The van der Waals surface area contributed by atoms with Crippen molar-refractivity contribution >= 4 is 45.0 Å². The number of hydrogen-bond donors (Lipinski definition) is 2. The largest absolute Gasteiger partial charge is 0.408 e. The van der Waals surface area contributed by atoms with E-state index in [1.807, 2.05) is 22.6 Å². The van der Waals surface area contributed by atoms with Crippen LogP contribution in [-0.2, 0) is 7.05 Å². The molecule has 0 spiro atoms. The lowest BCUT2D eigenvalue weighted by atomic mass is 10.2. The normalized spacial score (nSPS) is 10.9. The highest BCUT2D eigenvalue weighted by Gasteiger charge is 2.15. The highest BCUT2D eigenvalue weighted by molar-refractivity contribution is 14.1. The first kappa shape index (κ1) is 18.3. The Hall–Kier alpha value is -2.47. The number of nitrogens with two attached hydrogens (primary N) is 1. The molecule has 0 unspecified atom stereocenters. The molecule has 3 rings (SSSR count). The van der Waals surface area contributed by atoms with Gasteiger partial charge in [-0.15, -0.1) is 4.73 Å². The molecule has 2 aromatic heterocycles. The summed E-state index contributed by atoms with van der Waals surface area (Å²) in [5.41, 5.74) is 4.90. The lowest BCUT2D eigenvalue weighted by molar-refractivity contribution is 0.107. The Balaban J connectivity index is 2.21. The van der Waals surface area contributed by atoms with Gasteiger partial charge < -0.3 is 15.9 Å². The number of pyridine rings is 1. The van der Waals surface area contributed by atoms with Gasteiger partial charge in [0, 0.05) is 23.2 Å². The van der Waals surface area contributed by atoms with Crippen LogP contribution in [0.25, 0.3) is 11.0 Å². The molecule has 3 aromatic rings. The number of aromatic nitrogens is 3. The maximum absolute atomic E-state index is 14.2. The minimum atomic E-state index is -0.535. The van der Waals surface area contributed by atoms with E-state index in [0.29, 0.717) is 0 Å². The van der Waals surface area contributed by atoms with Crippen LogP contribution in [0.4, 0.5) is 15.8 Å². The van der Waals surface area contributed by atoms with Crippen molar-refractivity contribution in [1.29, 1.82) is 0 Å². The molecule has 10 heteroatoms. The third kappa shape index (κ3) is 3.42. The van der Waals surface area contributed by atoms with Gasteiger partial charge in [-0.25, -0.2) is 9.37 Å². The van der Waals surface area contributed by atoms with Crippen LogP contribution in [0.1, 0.15) is 0 Å². The van der Waals surface area contributed by atoms with Gasteiger partial charge in [-0.3, -0.25) is 14.2 Å². The van der Waals surface area contributed by atoms with Gasteiger partial charge in [0.2, 0.25) is 0 Å². The number of hydrogen-bond acceptors (Lipinski definition) is 6. The van der Waals surface area contributed by atoms with Gasteiger partial charge in [-0.1, -0.05) is 0 Å². The van der Waals surface area contributed by atoms with Crippen molar-refractivity contribution in [3.8, 4) is 0 Å². The summed E-state index contributed by atoms with van der Waals surface area (Å²) in [5.74, 6) is -0.505. The van der Waals surface area contributed by atoms with Crippen molar-refractivity contribution in [3.63, 3.8) is 0 Å². The van der Waals surface area contributed by atoms with Crippen LogP contribution in [0.2, 0.25) is 0 Å². The quantitative estimate of drug-likeness (QED) is 0.538. The van der Waals surface area contributed by atoms with E-state index >= 15 is 0 Å². The Morgan fingerprint density at radius 2 is 2.08 bits per heavy atom. The molecule has 0 atom stereocenters. The molecule has 0 amide bonds. The summed E-state index contributed by atoms with van der Waals surface area (Å²) in [7, 11) is 1.50. The van der Waals surface area contributed by atoms with E-state index < -0.39 is 16.9 Å². The van der Waals surface area contributed by atoms with Crippen molar-refractivity contribution < 1.29 is 9.23 Å². The Kier molecular flexibility index (Phi) is 5.23. The summed E-state index contributed by atoms with van der Waals surface area (Å²) >= 11 is 1.99. The number of rotatable bonds is 5. The lowest BCUT2D eigenvalue weighted by Crippen LogP contribution is -2.32. The van der Waals surface area contributed by atoms with Gasteiger partial charge in [0.15, 0.2) is 5.65 Å². The molecule has 136 valence electrons. The van der Waals surface area contributed by atoms with Crippen LogP contribution in [-0.4, -0.2) is 27.4 Å². The van der Waals surface area contributed by atoms with Crippen molar-refractivity contribution in [3.05, 3.63) is 60.7 Å². The SMILES string of the molecule is Cn1c(=O)cc(Nc2ccc(I)cc2F)c2c(=O)n(OCCN)cnc21. The minimum absolute atomic E-state index is 0.101. The van der Waals surface area contributed by atoms with Crippen molar-refractivity contribution in [2.24, 2.45) is 12.8 Å². The first-order valence-electron chi connectivity index (χ1n) is 7.59. The molecule has 26 heavy (non-hydrogen) atoms. The fourth-order valence-corrected chi connectivity index (χ4v) is 2.85. The van der Waals surface area contributed by atoms with E-state index in [0.717, 1.165) is 8.30 Å². The van der Waals surface area contributed by atoms with E-state index in [4.69, 9.17) is 10.6 Å². The molecular formula is C16H15FIN5O3. The van der Waals surface area contributed by atoms with Crippen LogP contribution in [0.15, 0.2) is 40.2 Å². The maximum atomic E-state index is 14.2. The van der Waals surface area contributed by atoms with E-state index in [2.05, 4.69) is 10.3 Å². The predicted octanol–water partition coefficient (Wildman–Crippen LogP) is 0.970. The predicted molar refractivity (Wildman–Crippen MR) is 104 cm³/mol. The Morgan fingerprint density at radius 1 is 1.31 bits per heavy atom. The highest BCUT2D eigenvalue weighted by atomic mass is 127. The number of aryl methyl sites for hydroxylation is 1. The van der Waals surface area contributed by atoms with Gasteiger partial charge in [-0.2, -0.15) is 0 Å². The topological polar surface area (TPSA) is 104 Å². The Labute approximate surface area is 160 Å². The van der Waals surface area contributed by atoms with Gasteiger partial charge in [-0.05, 0) is 40.8 Å². The molecule has 0 aliphatic rings. The number of benzene rings is 1. The summed E-state index contributed by atoms with van der Waals surface area (Å²) < 4.78 is 17.1. The second-order valence-electron chi connectivity index (χ2n) is 5.40. The third-order valence-electron chi connectivity index (χ3n) is 3.66. The highest BCUT2D eigenvalue weighted by Crippen LogP contribution is 2.24. The molecule has 0 fully saturated rings. The number of nitrogens with one attached hydrogen (secondary N) is 1. The number of anilines is 2. The molecule has 0 saturated carbocycles. The van der Waals surface area contributed by atoms with Crippen LogP contribution in [0, 0.1) is 9.39 Å². The summed E-state index contributed by atoms with van der Waals surface area (Å²) in [4.78, 5) is 34.3. The molecular weight excluding hydrogens is 456 g/mol. The first-order chi connectivity index (χ1) is 12.4. The summed E-state index contributed by atoms with van der Waals surface area (Å²) in [6, 6.07) is 5.79. The maximum Gasteiger partial charge on any atom is 0.297 e. The van der Waals surface area contributed by atoms with E-state index in [9.17, 15) is 14.0 Å². The molecule has 0 radical (unpaired) electrons. The summed E-state index contributed by atoms with van der Waals surface area (Å²) in [5, 5.41) is 2.91. The average molecular weight is 471 g/mol. The van der Waals surface area contributed by atoms with Gasteiger partial charge in [0.25, 0.3) is 11.1 Å². The van der Waals surface area contributed by atoms with Gasteiger partial charge >= 0.3 is 0 Å². The second kappa shape index (κ2) is 7.41. The first-order valence-corrected chi connectivity index (χ1v) is 8.67. The van der Waals surface area contributed by atoms with E-state index in [1.165, 1.54) is 36.1 Å². The fraction of sp³-hybridized carbons (Fsp3) is 0.188. The Morgan fingerprint density at radius 3 is 2.77 bits per heavy atom. The molecule has 8 nitrogen and oxygen atoms in total. The number of halogens is 2. The average Bonchev–Trinajstić information content (AvgIpc) is 2.60. The zero-order valence-electron chi connectivity index (χ0n) is 13.7. The zero-order valence-corrected chi connectivity index (χ0v) is 15.9. The molecule has 2 heterocycles. The molecule has 0 saturated heterocycles. The third-order valence-corrected chi connectivity index (χ3v) is 4.33. The fourth-order valence-electron chi connectivity index (χ4n) is 2.39. The van der Waals surface area contributed by atoms with Crippen LogP contribution in [0.5, 0.6) is 0 Å². The minimum Gasteiger partial charge on any atom is -0.408 e. The molecule has 0 aliphatic heterocycles. The van der Waals surface area contributed by atoms with Gasteiger partial charge in [0.1, 0.15) is 24.1 Å². The number of nitrogens with zero attached hydrogens (tertiary/aromatic N) is 3. The monoisotopic (exact) mass is 471 g/mol. The zero-order chi connectivity index (χ0) is 18.8. The molecule has 3 N–H and O–H groups in total. The van der Waals surface area contributed by atoms with Crippen molar-refractivity contribution in [1.82, 2.24) is 14.3 Å². The lowest BCUT2D eigenvalue weighted by Gasteiger charge is -2.14. The van der Waals surface area contributed by atoms with E-state index in [-0.39, 0.29) is 35.6 Å². The van der Waals surface area contributed by atoms with Crippen LogP contribution >= 0.6 is 22.6 Å². The van der Waals surface area contributed by atoms with Crippen molar-refractivity contribution in [2.75, 3.05) is 18.5 Å². The van der Waals surface area contributed by atoms with E-state index in [1.54, 1.807) is 6.07 Å². The summed E-state index contributed by atoms with van der Waals surface area (Å²) in [6.07, 6.45) is 1.18. The molecule has 1 aromatic carbocycles. The van der Waals surface area contributed by atoms with Crippen LogP contribution in [0.3, 0.4) is 0 Å². The van der Waals surface area contributed by atoms with Crippen LogP contribution < -0.4 is 27.0 Å². The van der Waals surface area contributed by atoms with Gasteiger partial charge in [0.05, 0.1) is 11.4 Å². The molecule has 0 bridgehead atoms. The second-order valence-corrected chi connectivity index (χ2v) is 6.65. The molecule has 0 aliphatic carbocycles.